The summed E-state index contributed by atoms with van der Waals surface area (Å²) in [4.78, 5) is 12.5. The summed E-state index contributed by atoms with van der Waals surface area (Å²) >= 11 is 3.73. The zero-order valence-electron chi connectivity index (χ0n) is 11.3. The molecule has 0 N–H and O–H groups in total. The summed E-state index contributed by atoms with van der Waals surface area (Å²) in [7, 11) is 0. The number of carbonyl (C=O) groups excluding carboxylic acids is 1. The molecule has 100 valence electrons. The summed E-state index contributed by atoms with van der Waals surface area (Å²) in [6.45, 7) is 2.08. The van der Waals surface area contributed by atoms with Crippen LogP contribution in [0.3, 0.4) is 0 Å². The molecule has 20 heavy (non-hydrogen) atoms. The number of halogens is 1. The average Bonchev–Trinajstić information content (AvgIpc) is 2.46. The van der Waals surface area contributed by atoms with Gasteiger partial charge in [-0.05, 0) is 41.7 Å². The van der Waals surface area contributed by atoms with Crippen LogP contribution >= 0.6 is 15.9 Å². The third-order valence-corrected chi connectivity index (χ3v) is 4.99. The van der Waals surface area contributed by atoms with Crippen LogP contribution in [0.25, 0.3) is 6.08 Å². The fraction of sp³-hybridized carbons (Fsp3) is 0.167. The van der Waals surface area contributed by atoms with E-state index in [-0.39, 0.29) is 5.78 Å². The van der Waals surface area contributed by atoms with Crippen LogP contribution in [-0.2, 0) is 15.5 Å². The molecular formula is C18H15BrO. The lowest BCUT2D eigenvalue weighted by atomic mass is 9.81. The molecular weight excluding hydrogens is 312 g/mol. The van der Waals surface area contributed by atoms with E-state index in [1.165, 1.54) is 11.1 Å². The van der Waals surface area contributed by atoms with E-state index in [4.69, 9.17) is 0 Å². The van der Waals surface area contributed by atoms with Crippen molar-refractivity contribution >= 4 is 27.8 Å². The van der Waals surface area contributed by atoms with Crippen molar-refractivity contribution in [1.82, 2.24) is 0 Å². The van der Waals surface area contributed by atoms with Crippen LogP contribution in [0.15, 0.2) is 54.6 Å². The number of fused-ring (bicyclic) bond motifs is 1. The number of hydrogen-bond acceptors (Lipinski definition) is 1. The molecule has 0 bridgehead atoms. The minimum Gasteiger partial charge on any atom is -0.293 e. The second-order valence-corrected chi connectivity index (χ2v) is 6.54. The summed E-state index contributed by atoms with van der Waals surface area (Å²) in [6, 6.07) is 16.3. The third kappa shape index (κ3) is 2.14. The van der Waals surface area contributed by atoms with Crippen LogP contribution in [0.1, 0.15) is 22.3 Å². The SMILES string of the molecule is Cc1ccccc1CC1(Br)C(=O)C=Cc2ccccc21. The van der Waals surface area contributed by atoms with Gasteiger partial charge in [0.25, 0.3) is 0 Å². The van der Waals surface area contributed by atoms with Crippen molar-refractivity contribution in [3.8, 4) is 0 Å². The van der Waals surface area contributed by atoms with Gasteiger partial charge in [0.1, 0.15) is 4.32 Å². The van der Waals surface area contributed by atoms with E-state index in [9.17, 15) is 4.79 Å². The highest BCUT2D eigenvalue weighted by atomic mass is 79.9. The van der Waals surface area contributed by atoms with E-state index < -0.39 is 4.32 Å². The first kappa shape index (κ1) is 13.3. The Balaban J connectivity index is 2.09. The molecule has 3 rings (SSSR count). The van der Waals surface area contributed by atoms with E-state index in [0.29, 0.717) is 6.42 Å². The van der Waals surface area contributed by atoms with Crippen LogP contribution in [0, 0.1) is 6.92 Å². The molecule has 0 spiro atoms. The summed E-state index contributed by atoms with van der Waals surface area (Å²) in [6.07, 6.45) is 4.24. The number of aryl methyl sites for hydroxylation is 1. The van der Waals surface area contributed by atoms with Gasteiger partial charge < -0.3 is 0 Å². The molecule has 1 atom stereocenters. The van der Waals surface area contributed by atoms with Gasteiger partial charge in [-0.3, -0.25) is 4.79 Å². The smallest absolute Gasteiger partial charge is 0.177 e. The quantitative estimate of drug-likeness (QED) is 0.746. The highest BCUT2D eigenvalue weighted by molar-refractivity contribution is 9.10. The number of hydrogen-bond donors (Lipinski definition) is 0. The largest absolute Gasteiger partial charge is 0.293 e. The topological polar surface area (TPSA) is 17.1 Å². The predicted octanol–water partition coefficient (Wildman–Crippen LogP) is 4.42. The van der Waals surface area contributed by atoms with Crippen LogP contribution in [0.5, 0.6) is 0 Å². The molecule has 0 heterocycles. The monoisotopic (exact) mass is 326 g/mol. The molecule has 0 aromatic heterocycles. The van der Waals surface area contributed by atoms with Crippen LogP contribution in [0.2, 0.25) is 0 Å². The van der Waals surface area contributed by atoms with Crippen molar-refractivity contribution in [3.05, 3.63) is 76.9 Å². The zero-order valence-corrected chi connectivity index (χ0v) is 12.9. The molecule has 0 fully saturated rings. The number of ketones is 1. The van der Waals surface area contributed by atoms with Gasteiger partial charge in [-0.25, -0.2) is 0 Å². The Kier molecular flexibility index (Phi) is 3.35. The summed E-state index contributed by atoms with van der Waals surface area (Å²) in [5, 5.41) is 0. The molecule has 0 amide bonds. The van der Waals surface area contributed by atoms with E-state index in [1.54, 1.807) is 6.08 Å². The van der Waals surface area contributed by atoms with Gasteiger partial charge in [0.15, 0.2) is 5.78 Å². The molecule has 2 heteroatoms. The first-order valence-corrected chi connectivity index (χ1v) is 7.46. The second kappa shape index (κ2) is 5.02. The standard InChI is InChI=1S/C18H15BrO/c1-13-6-2-3-8-15(13)12-18(19)16-9-5-4-7-14(16)10-11-17(18)20/h2-11H,12H2,1H3. The Morgan fingerprint density at radius 3 is 2.50 bits per heavy atom. The Morgan fingerprint density at radius 2 is 1.70 bits per heavy atom. The molecule has 0 radical (unpaired) electrons. The maximum absolute atomic E-state index is 12.5. The predicted molar refractivity (Wildman–Crippen MR) is 86.0 cm³/mol. The molecule has 1 aliphatic carbocycles. The maximum atomic E-state index is 12.5. The Labute approximate surface area is 127 Å². The number of alkyl halides is 1. The molecule has 1 unspecified atom stereocenters. The first-order valence-electron chi connectivity index (χ1n) is 6.67. The maximum Gasteiger partial charge on any atom is 0.177 e. The van der Waals surface area contributed by atoms with Gasteiger partial charge in [-0.2, -0.15) is 0 Å². The lowest BCUT2D eigenvalue weighted by Crippen LogP contribution is -2.33. The molecule has 0 aliphatic heterocycles. The van der Waals surface area contributed by atoms with E-state index in [2.05, 4.69) is 35.0 Å². The molecule has 0 saturated carbocycles. The first-order chi connectivity index (χ1) is 9.61. The Hall–Kier alpha value is -1.67. The number of carbonyl (C=O) groups is 1. The zero-order chi connectivity index (χ0) is 14.2. The molecule has 1 nitrogen and oxygen atoms in total. The Morgan fingerprint density at radius 1 is 1.00 bits per heavy atom. The summed E-state index contributed by atoms with van der Waals surface area (Å²) < 4.78 is -0.648. The minimum atomic E-state index is -0.648. The normalized spacial score (nSPS) is 20.8. The summed E-state index contributed by atoms with van der Waals surface area (Å²) in [5.74, 6) is 0.111. The molecule has 2 aromatic carbocycles. The third-order valence-electron chi connectivity index (χ3n) is 3.89. The summed E-state index contributed by atoms with van der Waals surface area (Å²) in [5.41, 5.74) is 4.57. The molecule has 1 aliphatic rings. The van der Waals surface area contributed by atoms with Crippen molar-refractivity contribution in [3.63, 3.8) is 0 Å². The van der Waals surface area contributed by atoms with Crippen molar-refractivity contribution in [2.75, 3.05) is 0 Å². The average molecular weight is 327 g/mol. The lowest BCUT2D eigenvalue weighted by Gasteiger charge is -2.30. The van der Waals surface area contributed by atoms with Gasteiger partial charge in [-0.1, -0.05) is 70.5 Å². The van der Waals surface area contributed by atoms with Crippen LogP contribution in [0.4, 0.5) is 0 Å². The number of benzene rings is 2. The number of allylic oxidation sites excluding steroid dienone is 1. The molecule has 2 aromatic rings. The lowest BCUT2D eigenvalue weighted by molar-refractivity contribution is -0.116. The minimum absolute atomic E-state index is 0.111. The van der Waals surface area contributed by atoms with Gasteiger partial charge in [-0.15, -0.1) is 0 Å². The van der Waals surface area contributed by atoms with E-state index in [0.717, 1.165) is 11.1 Å². The van der Waals surface area contributed by atoms with Gasteiger partial charge in [0.05, 0.1) is 0 Å². The van der Waals surface area contributed by atoms with E-state index >= 15 is 0 Å². The fourth-order valence-electron chi connectivity index (χ4n) is 2.69. The van der Waals surface area contributed by atoms with E-state index in [1.807, 2.05) is 42.5 Å². The van der Waals surface area contributed by atoms with Crippen molar-refractivity contribution < 1.29 is 4.79 Å². The van der Waals surface area contributed by atoms with Gasteiger partial charge >= 0.3 is 0 Å². The van der Waals surface area contributed by atoms with Crippen molar-refractivity contribution in [2.45, 2.75) is 17.7 Å². The van der Waals surface area contributed by atoms with Gasteiger partial charge in [0.2, 0.25) is 0 Å². The van der Waals surface area contributed by atoms with Crippen LogP contribution < -0.4 is 0 Å². The highest BCUT2D eigenvalue weighted by Gasteiger charge is 2.39. The fourth-order valence-corrected chi connectivity index (χ4v) is 3.48. The second-order valence-electron chi connectivity index (χ2n) is 5.19. The van der Waals surface area contributed by atoms with Crippen molar-refractivity contribution in [2.24, 2.45) is 0 Å². The number of rotatable bonds is 2. The Bertz CT molecular complexity index is 702. The highest BCUT2D eigenvalue weighted by Crippen LogP contribution is 2.41. The molecule has 0 saturated heterocycles. The van der Waals surface area contributed by atoms with Crippen LogP contribution in [-0.4, -0.2) is 5.78 Å². The van der Waals surface area contributed by atoms with Crippen molar-refractivity contribution in [1.29, 1.82) is 0 Å². The van der Waals surface area contributed by atoms with Gasteiger partial charge in [0, 0.05) is 0 Å².